The van der Waals surface area contributed by atoms with E-state index in [1.54, 1.807) is 0 Å². The second-order valence-electron chi connectivity index (χ2n) is 6.46. The van der Waals surface area contributed by atoms with Crippen LogP contribution in [0.5, 0.6) is 0 Å². The summed E-state index contributed by atoms with van der Waals surface area (Å²) in [4.78, 5) is 64.1. The molecule has 12 heteroatoms. The fraction of sp³-hybridized carbons (Fsp3) is 0.333. The highest BCUT2D eigenvalue weighted by Crippen LogP contribution is 2.33. The molecule has 0 heterocycles. The molecular weight excluding hydrogens is 408 g/mol. The highest BCUT2D eigenvalue weighted by molar-refractivity contribution is 6.09. The Morgan fingerprint density at radius 2 is 0.867 bits per heavy atom. The Hall–Kier alpha value is -3.96. The van der Waals surface area contributed by atoms with E-state index in [1.807, 2.05) is 0 Å². The van der Waals surface area contributed by atoms with E-state index in [0.29, 0.717) is 0 Å². The molecular formula is C18H18O12. The molecule has 1 aromatic carbocycles. The van der Waals surface area contributed by atoms with E-state index in [4.69, 9.17) is 30.6 Å². The van der Waals surface area contributed by atoms with Crippen molar-refractivity contribution in [3.8, 4) is 0 Å². The van der Waals surface area contributed by atoms with E-state index in [-0.39, 0.29) is 19.3 Å². The van der Waals surface area contributed by atoms with Gasteiger partial charge in [-0.25, -0.2) is 14.4 Å². The fourth-order valence-electron chi connectivity index (χ4n) is 3.06. The van der Waals surface area contributed by atoms with Crippen LogP contribution >= 0.6 is 0 Å². The van der Waals surface area contributed by atoms with Crippen LogP contribution in [0.2, 0.25) is 0 Å². The topological polar surface area (TPSA) is 224 Å². The van der Waals surface area contributed by atoms with Crippen molar-refractivity contribution < 1.29 is 59.4 Å². The van der Waals surface area contributed by atoms with E-state index in [0.717, 1.165) is 12.1 Å². The van der Waals surface area contributed by atoms with Gasteiger partial charge in [-0.15, -0.1) is 0 Å². The van der Waals surface area contributed by atoms with Crippen LogP contribution in [0.4, 0.5) is 0 Å². The van der Waals surface area contributed by atoms with Crippen molar-refractivity contribution in [2.45, 2.75) is 19.3 Å². The number of carboxylic acids is 6. The van der Waals surface area contributed by atoms with Crippen molar-refractivity contribution in [3.63, 3.8) is 0 Å². The summed E-state index contributed by atoms with van der Waals surface area (Å²) in [6, 6.07) is 3.26. The zero-order valence-electron chi connectivity index (χ0n) is 15.2. The number of hydrogen-bond acceptors (Lipinski definition) is 6. The molecule has 1 aliphatic carbocycles. The average Bonchev–Trinajstić information content (AvgIpc) is 2.67. The first-order valence-electron chi connectivity index (χ1n) is 8.38. The van der Waals surface area contributed by atoms with Gasteiger partial charge in [-0.3, -0.25) is 14.4 Å². The molecule has 0 radical (unpaired) electrons. The monoisotopic (exact) mass is 426 g/mol. The highest BCUT2D eigenvalue weighted by Gasteiger charge is 2.39. The molecule has 0 saturated heterocycles. The van der Waals surface area contributed by atoms with Crippen molar-refractivity contribution in [1.82, 2.24) is 0 Å². The molecule has 30 heavy (non-hydrogen) atoms. The van der Waals surface area contributed by atoms with Gasteiger partial charge in [-0.2, -0.15) is 0 Å². The first-order chi connectivity index (χ1) is 13.9. The summed E-state index contributed by atoms with van der Waals surface area (Å²) in [6.45, 7) is 0. The lowest BCUT2D eigenvalue weighted by molar-refractivity contribution is -0.153. The first-order valence-corrected chi connectivity index (χ1v) is 8.38. The zero-order valence-corrected chi connectivity index (χ0v) is 15.2. The molecule has 6 N–H and O–H groups in total. The maximum atomic E-state index is 10.7. The first kappa shape index (κ1) is 24.1. The number of carboxylic acid groups (broad SMARTS) is 6. The smallest absolute Gasteiger partial charge is 0.337 e. The molecule has 1 aliphatic rings. The number of hydrogen-bond donors (Lipinski definition) is 6. The van der Waals surface area contributed by atoms with Crippen LogP contribution in [0.3, 0.4) is 0 Å². The van der Waals surface area contributed by atoms with E-state index in [1.165, 1.54) is 6.07 Å². The molecule has 162 valence electrons. The lowest BCUT2D eigenvalue weighted by Gasteiger charge is -2.28. The molecule has 0 spiro atoms. The Kier molecular flexibility index (Phi) is 8.03. The largest absolute Gasteiger partial charge is 0.481 e. The molecule has 0 bridgehead atoms. The molecule has 0 unspecified atom stereocenters. The second-order valence-corrected chi connectivity index (χ2v) is 6.46. The van der Waals surface area contributed by atoms with Crippen LogP contribution in [-0.4, -0.2) is 66.5 Å². The predicted molar refractivity (Wildman–Crippen MR) is 94.5 cm³/mol. The third-order valence-electron chi connectivity index (χ3n) is 4.49. The normalized spacial score (nSPS) is 20.2. The molecule has 0 aliphatic heterocycles. The van der Waals surface area contributed by atoms with Gasteiger partial charge in [0.15, 0.2) is 0 Å². The van der Waals surface area contributed by atoms with Crippen molar-refractivity contribution in [2.24, 2.45) is 17.8 Å². The lowest BCUT2D eigenvalue weighted by Crippen LogP contribution is -2.34. The summed E-state index contributed by atoms with van der Waals surface area (Å²) in [5, 5.41) is 52.3. The number of rotatable bonds is 6. The molecule has 0 atom stereocenters. The van der Waals surface area contributed by atoms with Gasteiger partial charge >= 0.3 is 35.8 Å². The van der Waals surface area contributed by atoms with Crippen LogP contribution in [0.25, 0.3) is 0 Å². The molecule has 0 amide bonds. The Labute approximate surface area is 168 Å². The third kappa shape index (κ3) is 6.02. The van der Waals surface area contributed by atoms with Gasteiger partial charge in [0.2, 0.25) is 0 Å². The highest BCUT2D eigenvalue weighted by atomic mass is 16.4. The fourth-order valence-corrected chi connectivity index (χ4v) is 3.06. The van der Waals surface area contributed by atoms with Crippen molar-refractivity contribution in [2.75, 3.05) is 0 Å². The summed E-state index contributed by atoms with van der Waals surface area (Å²) < 4.78 is 0. The minimum Gasteiger partial charge on any atom is -0.481 e. The van der Waals surface area contributed by atoms with Gasteiger partial charge in [-0.05, 0) is 31.4 Å². The molecule has 1 fully saturated rings. The van der Waals surface area contributed by atoms with Gasteiger partial charge in [0.1, 0.15) is 0 Å². The van der Waals surface area contributed by atoms with Crippen LogP contribution in [0, 0.1) is 17.8 Å². The Morgan fingerprint density at radius 3 is 1.07 bits per heavy atom. The maximum Gasteiger partial charge on any atom is 0.337 e. The van der Waals surface area contributed by atoms with Gasteiger partial charge in [0.05, 0.1) is 34.4 Å². The van der Waals surface area contributed by atoms with Crippen LogP contribution in [0.15, 0.2) is 18.2 Å². The minimum atomic E-state index is -1.58. The molecule has 12 nitrogen and oxygen atoms in total. The van der Waals surface area contributed by atoms with E-state index >= 15 is 0 Å². The Balaban J connectivity index is 0.000000300. The molecule has 1 saturated carbocycles. The van der Waals surface area contributed by atoms with Gasteiger partial charge < -0.3 is 30.6 Å². The lowest BCUT2D eigenvalue weighted by atomic mass is 9.75. The van der Waals surface area contributed by atoms with Crippen LogP contribution in [-0.2, 0) is 14.4 Å². The van der Waals surface area contributed by atoms with Crippen LogP contribution < -0.4 is 0 Å². The molecule has 0 aromatic heterocycles. The maximum absolute atomic E-state index is 10.7. The minimum absolute atomic E-state index is 0.0223. The standard InChI is InChI=1S/C9H12O6.C9H6O6/c10-7(11)4-1-5(8(12)13)3-6(2-4)9(14)15;10-7(11)4-2-1-3-5(8(12)13)6(4)9(14)15/h4-6H,1-3H2,(H,10,11)(H,12,13)(H,14,15);1-3H,(H,10,11)(H,12,13)(H,14,15). The zero-order chi connectivity index (χ0) is 23.2. The summed E-state index contributed by atoms with van der Waals surface area (Å²) in [5.41, 5.74) is -1.79. The second kappa shape index (κ2) is 10.0. The third-order valence-corrected chi connectivity index (χ3v) is 4.49. The van der Waals surface area contributed by atoms with Crippen LogP contribution in [0.1, 0.15) is 50.3 Å². The van der Waals surface area contributed by atoms with E-state index in [9.17, 15) is 28.8 Å². The van der Waals surface area contributed by atoms with Gasteiger partial charge in [-0.1, -0.05) is 6.07 Å². The number of benzene rings is 1. The summed E-state index contributed by atoms with van der Waals surface area (Å²) in [7, 11) is 0. The summed E-state index contributed by atoms with van der Waals surface area (Å²) in [5.74, 6) is -10.5. The predicted octanol–water partition coefficient (Wildman–Crippen LogP) is 1.05. The Bertz CT molecular complexity index is 801. The molecule has 2 rings (SSSR count). The molecule has 1 aromatic rings. The van der Waals surface area contributed by atoms with E-state index < -0.39 is 70.3 Å². The Morgan fingerprint density at radius 1 is 0.567 bits per heavy atom. The number of aromatic carboxylic acids is 3. The quantitative estimate of drug-likeness (QED) is 0.375. The van der Waals surface area contributed by atoms with Gasteiger partial charge in [0.25, 0.3) is 0 Å². The van der Waals surface area contributed by atoms with Gasteiger partial charge in [0, 0.05) is 0 Å². The number of carbonyl (C=O) groups is 6. The SMILES string of the molecule is O=C(O)C1CC(C(=O)O)CC(C(=O)O)C1.O=C(O)c1cccc(C(=O)O)c1C(=O)O. The van der Waals surface area contributed by atoms with Crippen molar-refractivity contribution in [3.05, 3.63) is 34.9 Å². The van der Waals surface area contributed by atoms with Crippen molar-refractivity contribution >= 4 is 35.8 Å². The number of aliphatic carboxylic acids is 3. The van der Waals surface area contributed by atoms with E-state index in [2.05, 4.69) is 0 Å². The summed E-state index contributed by atoms with van der Waals surface area (Å²) in [6.07, 6.45) is 0.0668. The summed E-state index contributed by atoms with van der Waals surface area (Å²) >= 11 is 0. The van der Waals surface area contributed by atoms with Crippen molar-refractivity contribution in [1.29, 1.82) is 0 Å². The average molecular weight is 426 g/mol.